The summed E-state index contributed by atoms with van der Waals surface area (Å²) in [5.41, 5.74) is 4.29. The molecule has 1 saturated carbocycles. The smallest absolute Gasteiger partial charge is 0.0208 e. The first-order valence-corrected chi connectivity index (χ1v) is 7.57. The zero-order chi connectivity index (χ0) is 14.4. The van der Waals surface area contributed by atoms with E-state index in [4.69, 9.17) is 0 Å². The molecule has 0 saturated heterocycles. The molecule has 0 N–H and O–H groups in total. The Bertz CT molecular complexity index is 563. The van der Waals surface area contributed by atoms with Crippen LogP contribution in [0.1, 0.15) is 55.7 Å². The largest absolute Gasteiger partial charge is 0.106 e. The molecule has 2 rings (SSSR count). The maximum Gasteiger partial charge on any atom is 0.0208 e. The Morgan fingerprint density at radius 3 is 2.80 bits per heavy atom. The van der Waals surface area contributed by atoms with E-state index in [1.807, 2.05) is 13.8 Å². The van der Waals surface area contributed by atoms with Crippen LogP contribution in [0.15, 0.2) is 36.4 Å². The molecule has 0 heterocycles. The van der Waals surface area contributed by atoms with Crippen LogP contribution in [0.2, 0.25) is 0 Å². The lowest BCUT2D eigenvalue weighted by atomic mass is 9.90. The third kappa shape index (κ3) is 3.42. The van der Waals surface area contributed by atoms with Gasteiger partial charge in [-0.3, -0.25) is 0 Å². The van der Waals surface area contributed by atoms with Crippen molar-refractivity contribution in [3.8, 4) is 11.8 Å². The Morgan fingerprint density at radius 2 is 2.05 bits per heavy atom. The van der Waals surface area contributed by atoms with Gasteiger partial charge in [0.15, 0.2) is 0 Å². The van der Waals surface area contributed by atoms with Crippen molar-refractivity contribution >= 4 is 6.08 Å². The highest BCUT2D eigenvalue weighted by molar-refractivity contribution is 5.57. The molecule has 20 heavy (non-hydrogen) atoms. The Hall–Kier alpha value is -1.74. The first kappa shape index (κ1) is 14.7. The molecule has 0 spiro atoms. The van der Waals surface area contributed by atoms with Gasteiger partial charge in [-0.1, -0.05) is 42.5 Å². The van der Waals surface area contributed by atoms with Gasteiger partial charge in [-0.25, -0.2) is 0 Å². The fourth-order valence-corrected chi connectivity index (χ4v) is 3.16. The molecule has 2 atom stereocenters. The van der Waals surface area contributed by atoms with E-state index in [2.05, 4.69) is 61.3 Å². The minimum atomic E-state index is 0.603. The molecule has 0 bridgehead atoms. The van der Waals surface area contributed by atoms with E-state index in [1.165, 1.54) is 36.0 Å². The molecule has 0 heteroatoms. The Balaban J connectivity index is 2.20. The third-order valence-corrected chi connectivity index (χ3v) is 4.22. The van der Waals surface area contributed by atoms with Gasteiger partial charge < -0.3 is 0 Å². The summed E-state index contributed by atoms with van der Waals surface area (Å²) < 4.78 is 0. The lowest BCUT2D eigenvalue weighted by Gasteiger charge is -2.15. The predicted octanol–water partition coefficient (Wildman–Crippen LogP) is 5.49. The monoisotopic (exact) mass is 264 g/mol. The van der Waals surface area contributed by atoms with Gasteiger partial charge in [0.25, 0.3) is 0 Å². The predicted molar refractivity (Wildman–Crippen MR) is 88.6 cm³/mol. The first-order chi connectivity index (χ1) is 9.76. The highest BCUT2D eigenvalue weighted by atomic mass is 14.3. The Kier molecular flexibility index (Phi) is 5.24. The molecule has 1 fully saturated rings. The van der Waals surface area contributed by atoms with E-state index in [0.29, 0.717) is 11.8 Å². The summed E-state index contributed by atoms with van der Waals surface area (Å²) >= 11 is 0. The van der Waals surface area contributed by atoms with Crippen molar-refractivity contribution in [3.63, 3.8) is 0 Å². The number of hydrogen-bond acceptors (Lipinski definition) is 0. The standard InChI is InChI=1S/C20H24/c1-4-6-7-10-18-11-8-12-20(16(18)3)19-14-13-17(15-19)9-5-2/h4,6-8,10-12,17,19H,13-15H2,1-3H3. The first-order valence-electron chi connectivity index (χ1n) is 7.57. The third-order valence-electron chi connectivity index (χ3n) is 4.22. The van der Waals surface area contributed by atoms with Crippen molar-refractivity contribution in [2.75, 3.05) is 0 Å². The average molecular weight is 264 g/mol. The molecule has 1 aromatic rings. The van der Waals surface area contributed by atoms with E-state index in [1.54, 1.807) is 0 Å². The van der Waals surface area contributed by atoms with E-state index in [0.717, 1.165) is 0 Å². The van der Waals surface area contributed by atoms with Gasteiger partial charge in [0.05, 0.1) is 0 Å². The lowest BCUT2D eigenvalue weighted by Crippen LogP contribution is -1.98. The molecule has 1 aromatic carbocycles. The fourth-order valence-electron chi connectivity index (χ4n) is 3.16. The van der Waals surface area contributed by atoms with E-state index < -0.39 is 0 Å². The normalized spacial score (nSPS) is 22.4. The number of benzene rings is 1. The van der Waals surface area contributed by atoms with Crippen molar-refractivity contribution in [3.05, 3.63) is 53.1 Å². The van der Waals surface area contributed by atoms with Gasteiger partial charge in [0.1, 0.15) is 0 Å². The van der Waals surface area contributed by atoms with Gasteiger partial charge in [0.2, 0.25) is 0 Å². The average Bonchev–Trinajstić information content (AvgIpc) is 2.90. The molecule has 2 unspecified atom stereocenters. The van der Waals surface area contributed by atoms with Gasteiger partial charge >= 0.3 is 0 Å². The van der Waals surface area contributed by atoms with Gasteiger partial charge in [-0.2, -0.15) is 0 Å². The maximum atomic E-state index is 3.35. The fraction of sp³-hybridized carbons (Fsp3) is 0.400. The second-order valence-electron chi connectivity index (χ2n) is 5.55. The molecule has 1 aliphatic carbocycles. The number of hydrogen-bond donors (Lipinski definition) is 0. The van der Waals surface area contributed by atoms with Crippen LogP contribution in [-0.2, 0) is 0 Å². The van der Waals surface area contributed by atoms with Gasteiger partial charge in [0, 0.05) is 5.92 Å². The van der Waals surface area contributed by atoms with Crippen LogP contribution in [0.3, 0.4) is 0 Å². The van der Waals surface area contributed by atoms with Crippen molar-refractivity contribution in [2.45, 2.75) is 46.0 Å². The van der Waals surface area contributed by atoms with Crippen LogP contribution < -0.4 is 0 Å². The van der Waals surface area contributed by atoms with Crippen LogP contribution in [-0.4, -0.2) is 0 Å². The molecule has 0 amide bonds. The van der Waals surface area contributed by atoms with Crippen molar-refractivity contribution < 1.29 is 0 Å². The quantitative estimate of drug-likeness (QED) is 0.500. The maximum absolute atomic E-state index is 3.35. The van der Waals surface area contributed by atoms with Crippen LogP contribution in [0.25, 0.3) is 6.08 Å². The highest BCUT2D eigenvalue weighted by Gasteiger charge is 2.25. The summed E-state index contributed by atoms with van der Waals surface area (Å²) in [4.78, 5) is 0. The molecule has 104 valence electrons. The summed E-state index contributed by atoms with van der Waals surface area (Å²) in [5, 5.41) is 0. The molecule has 0 aromatic heterocycles. The summed E-state index contributed by atoms with van der Waals surface area (Å²) in [6.07, 6.45) is 12.2. The molecule has 1 aliphatic rings. The minimum absolute atomic E-state index is 0.603. The molecule has 0 radical (unpaired) electrons. The molecular weight excluding hydrogens is 240 g/mol. The zero-order valence-corrected chi connectivity index (χ0v) is 12.8. The van der Waals surface area contributed by atoms with E-state index >= 15 is 0 Å². The SMILES string of the molecule is CC#CC1CCC(c2cccc(C=CC=CC)c2C)C1. The zero-order valence-electron chi connectivity index (χ0n) is 12.8. The summed E-state index contributed by atoms with van der Waals surface area (Å²) in [6, 6.07) is 6.70. The molecule has 0 aliphatic heterocycles. The van der Waals surface area contributed by atoms with Crippen LogP contribution in [0.4, 0.5) is 0 Å². The van der Waals surface area contributed by atoms with Crippen LogP contribution in [0.5, 0.6) is 0 Å². The van der Waals surface area contributed by atoms with Gasteiger partial charge in [-0.05, 0) is 62.6 Å². The second-order valence-corrected chi connectivity index (χ2v) is 5.55. The Morgan fingerprint density at radius 1 is 1.20 bits per heavy atom. The number of allylic oxidation sites excluding steroid dienone is 3. The summed E-state index contributed by atoms with van der Waals surface area (Å²) in [6.45, 7) is 6.25. The van der Waals surface area contributed by atoms with Crippen LogP contribution in [0, 0.1) is 24.7 Å². The van der Waals surface area contributed by atoms with Crippen molar-refractivity contribution in [2.24, 2.45) is 5.92 Å². The van der Waals surface area contributed by atoms with E-state index in [-0.39, 0.29) is 0 Å². The minimum Gasteiger partial charge on any atom is -0.106 e. The summed E-state index contributed by atoms with van der Waals surface area (Å²) in [7, 11) is 0. The van der Waals surface area contributed by atoms with E-state index in [9.17, 15) is 0 Å². The molecule has 0 nitrogen and oxygen atoms in total. The molecular formula is C20H24. The highest BCUT2D eigenvalue weighted by Crippen LogP contribution is 2.39. The van der Waals surface area contributed by atoms with Gasteiger partial charge in [-0.15, -0.1) is 11.8 Å². The topological polar surface area (TPSA) is 0 Å². The second kappa shape index (κ2) is 7.15. The van der Waals surface area contributed by atoms with Crippen LogP contribution >= 0.6 is 0 Å². The summed E-state index contributed by atoms with van der Waals surface area (Å²) in [5.74, 6) is 7.71. The number of rotatable bonds is 3. The van der Waals surface area contributed by atoms with Crippen molar-refractivity contribution in [1.29, 1.82) is 0 Å². The Labute approximate surface area is 123 Å². The van der Waals surface area contributed by atoms with Crippen molar-refractivity contribution in [1.82, 2.24) is 0 Å². The lowest BCUT2D eigenvalue weighted by molar-refractivity contribution is 0.674.